The van der Waals surface area contributed by atoms with Gasteiger partial charge in [-0.1, -0.05) is 73.3 Å². The van der Waals surface area contributed by atoms with E-state index in [4.69, 9.17) is 23.2 Å². The predicted molar refractivity (Wildman–Crippen MR) is 136 cm³/mol. The monoisotopic (exact) mass is 482 g/mol. The van der Waals surface area contributed by atoms with Crippen molar-refractivity contribution in [2.45, 2.75) is 52.0 Å². The molecule has 33 heavy (non-hydrogen) atoms. The lowest BCUT2D eigenvalue weighted by atomic mass is 9.89. The normalized spacial score (nSPS) is 12.8. The molecule has 1 aliphatic heterocycles. The Kier molecular flexibility index (Phi) is 7.56. The summed E-state index contributed by atoms with van der Waals surface area (Å²) in [6, 6.07) is 14.9. The predicted octanol–water partition coefficient (Wildman–Crippen LogP) is 6.53. The van der Waals surface area contributed by atoms with Crippen molar-refractivity contribution in [2.75, 3.05) is 11.9 Å². The molecule has 1 aromatic heterocycles. The highest BCUT2D eigenvalue weighted by Crippen LogP contribution is 2.32. The van der Waals surface area contributed by atoms with Crippen LogP contribution < -0.4 is 10.9 Å². The van der Waals surface area contributed by atoms with Gasteiger partial charge < -0.3 is 5.32 Å². The van der Waals surface area contributed by atoms with Gasteiger partial charge in [0.15, 0.2) is 5.78 Å². The molecule has 0 radical (unpaired) electrons. The van der Waals surface area contributed by atoms with E-state index in [1.54, 1.807) is 22.8 Å². The number of fused-ring (bicyclic) bond motifs is 1. The van der Waals surface area contributed by atoms with Crippen molar-refractivity contribution >= 4 is 34.8 Å². The molecule has 2 aromatic carbocycles. The van der Waals surface area contributed by atoms with Crippen LogP contribution in [0.1, 0.15) is 65.2 Å². The standard InChI is InChI=1S/C27H28Cl2N2O2/c1-2-3-5-11-20-22(16-18-9-6-4-7-10-18)27(33)31-15-8-14-30-26(31)24(20)25(32)21-13-12-19(28)17-23(21)29/h4,6-7,9-10,12-13,17,30H,2-3,5,8,11,14-16H2,1H3. The SMILES string of the molecule is CCCCCc1c(C(=O)c2ccc(Cl)cc2Cl)c2n(c(=O)c1Cc1ccccc1)CCCN2. The Balaban J connectivity index is 1.94. The summed E-state index contributed by atoms with van der Waals surface area (Å²) >= 11 is 12.5. The molecular formula is C27H28Cl2N2O2. The van der Waals surface area contributed by atoms with Crippen LogP contribution in [0, 0.1) is 0 Å². The molecule has 0 aliphatic carbocycles. The second kappa shape index (κ2) is 10.6. The van der Waals surface area contributed by atoms with Crippen molar-refractivity contribution in [2.24, 2.45) is 0 Å². The number of nitrogens with one attached hydrogen (secondary N) is 1. The summed E-state index contributed by atoms with van der Waals surface area (Å²) in [5.74, 6) is 0.446. The molecule has 0 atom stereocenters. The van der Waals surface area contributed by atoms with Crippen LogP contribution in [0.5, 0.6) is 0 Å². The lowest BCUT2D eigenvalue weighted by Gasteiger charge is -2.27. The van der Waals surface area contributed by atoms with Crippen molar-refractivity contribution in [1.29, 1.82) is 0 Å². The van der Waals surface area contributed by atoms with Crippen molar-refractivity contribution in [3.63, 3.8) is 0 Å². The Morgan fingerprint density at radius 1 is 1.06 bits per heavy atom. The molecule has 1 aliphatic rings. The van der Waals surface area contributed by atoms with Crippen molar-refractivity contribution in [3.05, 3.63) is 96.7 Å². The largest absolute Gasteiger partial charge is 0.371 e. The number of ketones is 1. The van der Waals surface area contributed by atoms with Gasteiger partial charge in [0.1, 0.15) is 5.82 Å². The Morgan fingerprint density at radius 3 is 2.58 bits per heavy atom. The summed E-state index contributed by atoms with van der Waals surface area (Å²) in [6.45, 7) is 3.46. The van der Waals surface area contributed by atoms with Gasteiger partial charge in [0.05, 0.1) is 10.6 Å². The fraction of sp³-hybridized carbons (Fsp3) is 0.333. The van der Waals surface area contributed by atoms with E-state index in [-0.39, 0.29) is 11.3 Å². The molecule has 4 rings (SSSR count). The minimum absolute atomic E-state index is 0.00805. The Bertz CT molecular complexity index is 1220. The third kappa shape index (κ3) is 5.02. The lowest BCUT2D eigenvalue weighted by molar-refractivity contribution is 0.103. The van der Waals surface area contributed by atoms with E-state index in [0.717, 1.165) is 43.4 Å². The second-order valence-corrected chi connectivity index (χ2v) is 9.33. The van der Waals surface area contributed by atoms with Gasteiger partial charge in [-0.2, -0.15) is 0 Å². The number of pyridine rings is 1. The maximum Gasteiger partial charge on any atom is 0.255 e. The highest BCUT2D eigenvalue weighted by Gasteiger charge is 2.29. The molecule has 3 aromatic rings. The van der Waals surface area contributed by atoms with Gasteiger partial charge in [0, 0.05) is 35.7 Å². The maximum absolute atomic E-state index is 13.9. The Morgan fingerprint density at radius 2 is 1.85 bits per heavy atom. The summed E-state index contributed by atoms with van der Waals surface area (Å²) in [5.41, 5.74) is 3.56. The number of carbonyl (C=O) groups excluding carboxylic acids is 1. The van der Waals surface area contributed by atoms with E-state index in [2.05, 4.69) is 12.2 Å². The molecule has 1 N–H and O–H groups in total. The van der Waals surface area contributed by atoms with E-state index in [1.807, 2.05) is 30.3 Å². The van der Waals surface area contributed by atoms with Crippen molar-refractivity contribution < 1.29 is 4.79 Å². The number of aromatic nitrogens is 1. The number of halogens is 2. The lowest BCUT2D eigenvalue weighted by Crippen LogP contribution is -2.35. The molecular weight excluding hydrogens is 455 g/mol. The number of rotatable bonds is 8. The zero-order chi connectivity index (χ0) is 23.4. The Hall–Kier alpha value is -2.56. The zero-order valence-corrected chi connectivity index (χ0v) is 20.3. The quantitative estimate of drug-likeness (QED) is 0.293. The molecule has 0 amide bonds. The highest BCUT2D eigenvalue weighted by molar-refractivity contribution is 6.37. The number of hydrogen-bond donors (Lipinski definition) is 1. The number of nitrogens with zero attached hydrogens (tertiary/aromatic N) is 1. The molecule has 0 bridgehead atoms. The zero-order valence-electron chi connectivity index (χ0n) is 18.8. The van der Waals surface area contributed by atoms with Gasteiger partial charge in [-0.15, -0.1) is 0 Å². The van der Waals surface area contributed by atoms with Crippen LogP contribution in [0.25, 0.3) is 0 Å². The van der Waals surface area contributed by atoms with Crippen LogP contribution in [0.2, 0.25) is 10.0 Å². The molecule has 0 spiro atoms. The van der Waals surface area contributed by atoms with E-state index in [9.17, 15) is 9.59 Å². The first-order valence-corrected chi connectivity index (χ1v) is 12.3. The Labute approximate surface area is 204 Å². The number of hydrogen-bond acceptors (Lipinski definition) is 3. The first-order chi connectivity index (χ1) is 16.0. The molecule has 2 heterocycles. The second-order valence-electron chi connectivity index (χ2n) is 8.49. The average Bonchev–Trinajstić information content (AvgIpc) is 2.82. The van der Waals surface area contributed by atoms with Crippen LogP contribution in [-0.2, 0) is 19.4 Å². The number of unbranched alkanes of at least 4 members (excludes halogenated alkanes) is 2. The number of benzene rings is 2. The molecule has 4 nitrogen and oxygen atoms in total. The van der Waals surface area contributed by atoms with Gasteiger partial charge in [-0.05, 0) is 48.6 Å². The minimum Gasteiger partial charge on any atom is -0.371 e. The minimum atomic E-state index is -0.171. The van der Waals surface area contributed by atoms with E-state index in [0.29, 0.717) is 51.9 Å². The highest BCUT2D eigenvalue weighted by atomic mass is 35.5. The third-order valence-corrected chi connectivity index (χ3v) is 6.73. The summed E-state index contributed by atoms with van der Waals surface area (Å²) in [5, 5.41) is 4.15. The summed E-state index contributed by atoms with van der Waals surface area (Å²) in [7, 11) is 0. The number of carbonyl (C=O) groups is 1. The van der Waals surface area contributed by atoms with Gasteiger partial charge in [-0.25, -0.2) is 0 Å². The van der Waals surface area contributed by atoms with Crippen LogP contribution in [0.15, 0.2) is 53.3 Å². The fourth-order valence-electron chi connectivity index (χ4n) is 4.53. The molecule has 0 saturated heterocycles. The van der Waals surface area contributed by atoms with Gasteiger partial charge in [0.25, 0.3) is 5.56 Å². The summed E-state index contributed by atoms with van der Waals surface area (Å²) in [6.07, 6.45) is 5.01. The van der Waals surface area contributed by atoms with E-state index in [1.165, 1.54) is 0 Å². The smallest absolute Gasteiger partial charge is 0.255 e. The molecule has 0 fully saturated rings. The first-order valence-electron chi connectivity index (χ1n) is 11.6. The van der Waals surface area contributed by atoms with Gasteiger partial charge in [0.2, 0.25) is 0 Å². The molecule has 6 heteroatoms. The van der Waals surface area contributed by atoms with Crippen LogP contribution in [-0.4, -0.2) is 16.9 Å². The average molecular weight is 483 g/mol. The van der Waals surface area contributed by atoms with Gasteiger partial charge >= 0.3 is 0 Å². The maximum atomic E-state index is 13.9. The topological polar surface area (TPSA) is 51.1 Å². The van der Waals surface area contributed by atoms with Crippen LogP contribution in [0.4, 0.5) is 5.82 Å². The van der Waals surface area contributed by atoms with Gasteiger partial charge in [-0.3, -0.25) is 14.2 Å². The van der Waals surface area contributed by atoms with Crippen molar-refractivity contribution in [1.82, 2.24) is 4.57 Å². The van der Waals surface area contributed by atoms with E-state index >= 15 is 0 Å². The van der Waals surface area contributed by atoms with E-state index < -0.39 is 0 Å². The fourth-order valence-corrected chi connectivity index (χ4v) is 5.02. The van der Waals surface area contributed by atoms with Crippen molar-refractivity contribution in [3.8, 4) is 0 Å². The third-order valence-electron chi connectivity index (χ3n) is 6.18. The number of anilines is 1. The molecule has 0 unspecified atom stereocenters. The van der Waals surface area contributed by atoms with Crippen LogP contribution >= 0.6 is 23.2 Å². The first kappa shape index (κ1) is 23.6. The summed E-state index contributed by atoms with van der Waals surface area (Å²) < 4.78 is 1.74. The molecule has 172 valence electrons. The molecule has 0 saturated carbocycles. The summed E-state index contributed by atoms with van der Waals surface area (Å²) in [4.78, 5) is 27.6. The van der Waals surface area contributed by atoms with Crippen LogP contribution in [0.3, 0.4) is 0 Å².